The first-order chi connectivity index (χ1) is 12.2. The lowest BCUT2D eigenvalue weighted by atomic mass is 10.2. The summed E-state index contributed by atoms with van der Waals surface area (Å²) >= 11 is 7.58. The Morgan fingerprint density at radius 1 is 1.32 bits per heavy atom. The number of methoxy groups -OCH3 is 1. The van der Waals surface area contributed by atoms with E-state index in [0.717, 1.165) is 12.0 Å². The first kappa shape index (κ1) is 17.9. The van der Waals surface area contributed by atoms with Crippen LogP contribution in [0.3, 0.4) is 0 Å². The maximum atomic E-state index is 12.9. The SMILES string of the molecule is COCCCn1c(SCc2cccnc2)nc2cc(Cl)ccc2c1=O. The van der Waals surface area contributed by atoms with Gasteiger partial charge in [0, 0.05) is 43.4 Å². The predicted octanol–water partition coefficient (Wildman–Crippen LogP) is 3.77. The molecule has 2 heterocycles. The van der Waals surface area contributed by atoms with E-state index in [-0.39, 0.29) is 5.56 Å². The fourth-order valence-electron chi connectivity index (χ4n) is 2.48. The highest BCUT2D eigenvalue weighted by Gasteiger charge is 2.12. The van der Waals surface area contributed by atoms with Crippen LogP contribution in [0.4, 0.5) is 0 Å². The van der Waals surface area contributed by atoms with E-state index >= 15 is 0 Å². The Morgan fingerprint density at radius 2 is 2.20 bits per heavy atom. The van der Waals surface area contributed by atoms with Crippen molar-refractivity contribution in [2.24, 2.45) is 0 Å². The number of hydrogen-bond acceptors (Lipinski definition) is 5. The number of thioether (sulfide) groups is 1. The third-order valence-electron chi connectivity index (χ3n) is 3.70. The molecule has 0 aliphatic carbocycles. The molecule has 0 atom stereocenters. The van der Waals surface area contributed by atoms with E-state index in [2.05, 4.69) is 9.97 Å². The first-order valence-electron chi connectivity index (χ1n) is 7.90. The van der Waals surface area contributed by atoms with Crippen molar-refractivity contribution in [3.05, 3.63) is 63.7 Å². The van der Waals surface area contributed by atoms with E-state index in [0.29, 0.717) is 40.0 Å². The second-order valence-corrected chi connectivity index (χ2v) is 6.89. The summed E-state index contributed by atoms with van der Waals surface area (Å²) in [5, 5.41) is 1.83. The zero-order valence-electron chi connectivity index (χ0n) is 13.8. The highest BCUT2D eigenvalue weighted by atomic mass is 35.5. The molecule has 3 aromatic rings. The van der Waals surface area contributed by atoms with Crippen LogP contribution < -0.4 is 5.56 Å². The van der Waals surface area contributed by atoms with E-state index in [4.69, 9.17) is 16.3 Å². The maximum absolute atomic E-state index is 12.9. The van der Waals surface area contributed by atoms with Crippen LogP contribution in [0, 0.1) is 0 Å². The lowest BCUT2D eigenvalue weighted by Gasteiger charge is -2.13. The van der Waals surface area contributed by atoms with Gasteiger partial charge in [0.25, 0.3) is 5.56 Å². The summed E-state index contributed by atoms with van der Waals surface area (Å²) in [7, 11) is 1.65. The van der Waals surface area contributed by atoms with E-state index in [1.807, 2.05) is 18.3 Å². The summed E-state index contributed by atoms with van der Waals surface area (Å²) in [5.74, 6) is 0.691. The average molecular weight is 376 g/mol. The molecule has 3 rings (SSSR count). The third-order valence-corrected chi connectivity index (χ3v) is 4.99. The van der Waals surface area contributed by atoms with Crippen molar-refractivity contribution in [3.63, 3.8) is 0 Å². The normalized spacial score (nSPS) is 11.1. The number of rotatable bonds is 7. The van der Waals surface area contributed by atoms with Crippen LogP contribution in [0.25, 0.3) is 10.9 Å². The summed E-state index contributed by atoms with van der Waals surface area (Å²) < 4.78 is 6.83. The number of halogens is 1. The largest absolute Gasteiger partial charge is 0.385 e. The van der Waals surface area contributed by atoms with Gasteiger partial charge in [-0.25, -0.2) is 4.98 Å². The van der Waals surface area contributed by atoms with E-state index < -0.39 is 0 Å². The van der Waals surface area contributed by atoms with Gasteiger partial charge in [0.15, 0.2) is 5.16 Å². The molecule has 0 bridgehead atoms. The number of nitrogens with zero attached hydrogens (tertiary/aromatic N) is 3. The van der Waals surface area contributed by atoms with Crippen LogP contribution >= 0.6 is 23.4 Å². The van der Waals surface area contributed by atoms with Gasteiger partial charge in [-0.15, -0.1) is 0 Å². The second-order valence-electron chi connectivity index (χ2n) is 5.51. The first-order valence-corrected chi connectivity index (χ1v) is 9.26. The van der Waals surface area contributed by atoms with E-state index in [1.165, 1.54) is 11.8 Å². The van der Waals surface area contributed by atoms with Gasteiger partial charge in [0.05, 0.1) is 10.9 Å². The van der Waals surface area contributed by atoms with Gasteiger partial charge in [-0.1, -0.05) is 29.4 Å². The number of hydrogen-bond donors (Lipinski definition) is 0. The van der Waals surface area contributed by atoms with Crippen molar-refractivity contribution < 1.29 is 4.74 Å². The Kier molecular flexibility index (Phi) is 6.07. The number of fused-ring (bicyclic) bond motifs is 1. The summed E-state index contributed by atoms with van der Waals surface area (Å²) in [4.78, 5) is 21.7. The van der Waals surface area contributed by atoms with Gasteiger partial charge in [-0.2, -0.15) is 0 Å². The minimum Gasteiger partial charge on any atom is -0.385 e. The molecule has 5 nitrogen and oxygen atoms in total. The topological polar surface area (TPSA) is 57.0 Å². The minimum atomic E-state index is -0.0496. The Labute approximate surface area is 155 Å². The molecule has 0 aliphatic heterocycles. The molecule has 0 spiro atoms. The molecule has 0 fully saturated rings. The average Bonchev–Trinajstić information content (AvgIpc) is 2.63. The summed E-state index contributed by atoms with van der Waals surface area (Å²) in [6.07, 6.45) is 4.31. The van der Waals surface area contributed by atoms with Crippen molar-refractivity contribution in [2.45, 2.75) is 23.9 Å². The molecule has 25 heavy (non-hydrogen) atoms. The smallest absolute Gasteiger partial charge is 0.262 e. The summed E-state index contributed by atoms with van der Waals surface area (Å²) in [6, 6.07) is 9.08. The quantitative estimate of drug-likeness (QED) is 0.357. The zero-order chi connectivity index (χ0) is 17.6. The number of aromatic nitrogens is 3. The monoisotopic (exact) mass is 375 g/mol. The molecule has 7 heteroatoms. The van der Waals surface area contributed by atoms with Crippen molar-refractivity contribution in [1.82, 2.24) is 14.5 Å². The number of pyridine rings is 1. The fourth-order valence-corrected chi connectivity index (χ4v) is 3.61. The van der Waals surface area contributed by atoms with E-state index in [1.54, 1.807) is 36.1 Å². The third kappa shape index (κ3) is 4.39. The van der Waals surface area contributed by atoms with Crippen LogP contribution in [-0.2, 0) is 17.0 Å². The standard InChI is InChI=1S/C18H18ClN3O2S/c1-24-9-3-8-22-17(23)15-6-5-14(19)10-16(15)21-18(22)25-12-13-4-2-7-20-11-13/h2,4-7,10-11H,3,8-9,12H2,1H3. The minimum absolute atomic E-state index is 0.0496. The van der Waals surface area contributed by atoms with Crippen molar-refractivity contribution in [2.75, 3.05) is 13.7 Å². The summed E-state index contributed by atoms with van der Waals surface area (Å²) in [6.45, 7) is 1.16. The maximum Gasteiger partial charge on any atom is 0.262 e. The van der Waals surface area contributed by atoms with Crippen LogP contribution in [0.2, 0.25) is 5.02 Å². The zero-order valence-corrected chi connectivity index (χ0v) is 15.4. The van der Waals surface area contributed by atoms with Gasteiger partial charge in [-0.05, 0) is 36.2 Å². The van der Waals surface area contributed by atoms with Crippen LogP contribution in [0.15, 0.2) is 52.7 Å². The van der Waals surface area contributed by atoms with Gasteiger partial charge >= 0.3 is 0 Å². The molecule has 1 aromatic carbocycles. The van der Waals surface area contributed by atoms with Gasteiger partial charge in [-0.3, -0.25) is 14.3 Å². The number of ether oxygens (including phenoxy) is 1. The van der Waals surface area contributed by atoms with Gasteiger partial charge < -0.3 is 4.74 Å². The molecule has 0 saturated carbocycles. The Balaban J connectivity index is 1.97. The van der Waals surface area contributed by atoms with Crippen molar-refractivity contribution in [3.8, 4) is 0 Å². The van der Waals surface area contributed by atoms with Gasteiger partial charge in [0.2, 0.25) is 0 Å². The Morgan fingerprint density at radius 3 is 2.96 bits per heavy atom. The van der Waals surface area contributed by atoms with Crippen LogP contribution in [0.1, 0.15) is 12.0 Å². The molecule has 0 saturated heterocycles. The Hall–Kier alpha value is -1.89. The Bertz CT molecular complexity index is 915. The molecule has 0 amide bonds. The molecule has 0 N–H and O–H groups in total. The molecule has 130 valence electrons. The molecule has 0 radical (unpaired) electrons. The molecule has 0 aliphatic rings. The van der Waals surface area contributed by atoms with E-state index in [9.17, 15) is 4.79 Å². The molecule has 2 aromatic heterocycles. The fraction of sp³-hybridized carbons (Fsp3) is 0.278. The second kappa shape index (κ2) is 8.47. The molecular weight excluding hydrogens is 358 g/mol. The predicted molar refractivity (Wildman–Crippen MR) is 101 cm³/mol. The molecule has 0 unspecified atom stereocenters. The summed E-state index contributed by atoms with van der Waals surface area (Å²) in [5.41, 5.74) is 1.65. The van der Waals surface area contributed by atoms with Gasteiger partial charge in [0.1, 0.15) is 0 Å². The lowest BCUT2D eigenvalue weighted by molar-refractivity contribution is 0.189. The highest BCUT2D eigenvalue weighted by Crippen LogP contribution is 2.23. The van der Waals surface area contributed by atoms with Crippen LogP contribution in [0.5, 0.6) is 0 Å². The highest BCUT2D eigenvalue weighted by molar-refractivity contribution is 7.98. The van der Waals surface area contributed by atoms with Crippen molar-refractivity contribution in [1.29, 1.82) is 0 Å². The molecular formula is C18H18ClN3O2S. The van der Waals surface area contributed by atoms with Crippen molar-refractivity contribution >= 4 is 34.3 Å². The lowest BCUT2D eigenvalue weighted by Crippen LogP contribution is -2.24. The number of benzene rings is 1. The van der Waals surface area contributed by atoms with Crippen LogP contribution in [-0.4, -0.2) is 28.3 Å².